The largest absolute Gasteiger partial charge is 0.480 e. The van der Waals surface area contributed by atoms with Crippen molar-refractivity contribution in [2.75, 3.05) is 6.54 Å². The summed E-state index contributed by atoms with van der Waals surface area (Å²) in [5, 5.41) is 9.47. The van der Waals surface area contributed by atoms with E-state index in [2.05, 4.69) is 24.0 Å². The molecule has 116 valence electrons. The molecule has 0 saturated heterocycles. The fraction of sp³-hybridized carbons (Fsp3) is 0.611. The first-order valence-corrected chi connectivity index (χ1v) is 8.26. The summed E-state index contributed by atoms with van der Waals surface area (Å²) in [5.74, 6) is -0.685. The van der Waals surface area contributed by atoms with Gasteiger partial charge < -0.3 is 5.11 Å². The van der Waals surface area contributed by atoms with Crippen molar-refractivity contribution in [2.45, 2.75) is 64.5 Å². The van der Waals surface area contributed by atoms with E-state index in [4.69, 9.17) is 0 Å². The van der Waals surface area contributed by atoms with E-state index < -0.39 is 5.97 Å². The summed E-state index contributed by atoms with van der Waals surface area (Å²) >= 11 is 0. The van der Waals surface area contributed by atoms with Crippen molar-refractivity contribution in [2.24, 2.45) is 0 Å². The number of benzene rings is 1. The molecular formula is C18H27NO2. The van der Waals surface area contributed by atoms with Gasteiger partial charge in [-0.2, -0.15) is 0 Å². The Morgan fingerprint density at radius 1 is 1.14 bits per heavy atom. The van der Waals surface area contributed by atoms with Crippen LogP contribution >= 0.6 is 0 Å². The molecule has 21 heavy (non-hydrogen) atoms. The molecule has 0 spiro atoms. The molecule has 3 heteroatoms. The fourth-order valence-corrected chi connectivity index (χ4v) is 3.15. The van der Waals surface area contributed by atoms with Gasteiger partial charge in [-0.1, -0.05) is 63.3 Å². The van der Waals surface area contributed by atoms with Crippen LogP contribution in [0.1, 0.15) is 56.6 Å². The van der Waals surface area contributed by atoms with Gasteiger partial charge in [0.25, 0.3) is 0 Å². The Labute approximate surface area is 128 Å². The molecule has 1 aliphatic rings. The van der Waals surface area contributed by atoms with E-state index >= 15 is 0 Å². The number of carbonyl (C=O) groups is 1. The molecular weight excluding hydrogens is 262 g/mol. The first-order chi connectivity index (χ1) is 10.2. The van der Waals surface area contributed by atoms with Gasteiger partial charge in [0.1, 0.15) is 6.04 Å². The van der Waals surface area contributed by atoms with Gasteiger partial charge in [0.15, 0.2) is 0 Å². The van der Waals surface area contributed by atoms with Gasteiger partial charge in [0.05, 0.1) is 0 Å². The quantitative estimate of drug-likeness (QED) is 0.739. The normalized spacial score (nSPS) is 18.4. The van der Waals surface area contributed by atoms with Gasteiger partial charge in [-0.05, 0) is 30.5 Å². The number of rotatable bonds is 8. The first kappa shape index (κ1) is 16.0. The topological polar surface area (TPSA) is 40.5 Å². The Morgan fingerprint density at radius 3 is 2.52 bits per heavy atom. The van der Waals surface area contributed by atoms with E-state index in [0.717, 1.165) is 19.5 Å². The maximum atomic E-state index is 11.5. The molecule has 0 amide bonds. The monoisotopic (exact) mass is 289 g/mol. The number of fused-ring (bicyclic) bond motifs is 1. The zero-order valence-electron chi connectivity index (χ0n) is 13.1. The molecule has 3 nitrogen and oxygen atoms in total. The minimum absolute atomic E-state index is 0.351. The van der Waals surface area contributed by atoms with Crippen LogP contribution in [0.2, 0.25) is 0 Å². The van der Waals surface area contributed by atoms with Crippen molar-refractivity contribution in [3.8, 4) is 0 Å². The van der Waals surface area contributed by atoms with E-state index in [0.29, 0.717) is 6.42 Å². The summed E-state index contributed by atoms with van der Waals surface area (Å²) < 4.78 is 0. The third kappa shape index (κ3) is 4.57. The van der Waals surface area contributed by atoms with E-state index in [1.54, 1.807) is 0 Å². The number of hydrogen-bond donors (Lipinski definition) is 1. The highest BCUT2D eigenvalue weighted by molar-refractivity contribution is 5.74. The number of aliphatic carboxylic acids is 1. The van der Waals surface area contributed by atoms with Gasteiger partial charge in [-0.15, -0.1) is 0 Å². The highest BCUT2D eigenvalue weighted by atomic mass is 16.4. The molecule has 0 saturated carbocycles. The summed E-state index contributed by atoms with van der Waals surface area (Å²) in [4.78, 5) is 13.7. The van der Waals surface area contributed by atoms with Gasteiger partial charge in [0, 0.05) is 6.54 Å². The van der Waals surface area contributed by atoms with Crippen molar-refractivity contribution in [3.63, 3.8) is 0 Å². The van der Waals surface area contributed by atoms with Crippen LogP contribution in [-0.4, -0.2) is 28.6 Å². The Morgan fingerprint density at radius 2 is 1.81 bits per heavy atom. The molecule has 1 heterocycles. The number of carboxylic acid groups (broad SMARTS) is 1. The highest BCUT2D eigenvalue weighted by Gasteiger charge is 2.30. The molecule has 2 rings (SSSR count). The summed E-state index contributed by atoms with van der Waals surface area (Å²) in [6.07, 6.45) is 8.12. The average Bonchev–Trinajstić information content (AvgIpc) is 2.49. The van der Waals surface area contributed by atoms with Gasteiger partial charge in [0.2, 0.25) is 0 Å². The second kappa shape index (κ2) is 8.18. The van der Waals surface area contributed by atoms with E-state index in [9.17, 15) is 9.90 Å². The minimum Gasteiger partial charge on any atom is -0.480 e. The Hall–Kier alpha value is -1.35. The van der Waals surface area contributed by atoms with Gasteiger partial charge in [-0.3, -0.25) is 9.69 Å². The summed E-state index contributed by atoms with van der Waals surface area (Å²) in [6.45, 7) is 3.90. The molecule has 1 N–H and O–H groups in total. The first-order valence-electron chi connectivity index (χ1n) is 8.26. The Bertz CT molecular complexity index is 458. The number of nitrogens with zero attached hydrogens (tertiary/aromatic N) is 1. The average molecular weight is 289 g/mol. The molecule has 0 bridgehead atoms. The molecule has 0 radical (unpaired) electrons. The second-order valence-corrected chi connectivity index (χ2v) is 6.07. The van der Waals surface area contributed by atoms with Crippen LogP contribution in [-0.2, 0) is 17.8 Å². The molecule has 0 unspecified atom stereocenters. The van der Waals surface area contributed by atoms with Crippen LogP contribution in [0, 0.1) is 0 Å². The van der Waals surface area contributed by atoms with Crippen LogP contribution in [0.15, 0.2) is 24.3 Å². The number of unbranched alkanes of at least 4 members (excludes halogenated alkanes) is 5. The second-order valence-electron chi connectivity index (χ2n) is 6.07. The molecule has 0 aromatic heterocycles. The van der Waals surface area contributed by atoms with E-state index in [1.165, 1.54) is 43.2 Å². The summed E-state index contributed by atoms with van der Waals surface area (Å²) in [7, 11) is 0. The van der Waals surface area contributed by atoms with Crippen LogP contribution < -0.4 is 0 Å². The van der Waals surface area contributed by atoms with Crippen LogP contribution in [0.3, 0.4) is 0 Å². The zero-order valence-corrected chi connectivity index (χ0v) is 13.1. The van der Waals surface area contributed by atoms with Crippen molar-refractivity contribution >= 4 is 5.97 Å². The van der Waals surface area contributed by atoms with Crippen molar-refractivity contribution < 1.29 is 9.90 Å². The Kier molecular flexibility index (Phi) is 6.24. The fourth-order valence-electron chi connectivity index (χ4n) is 3.15. The summed E-state index contributed by atoms with van der Waals surface area (Å²) in [5.41, 5.74) is 2.49. The molecule has 0 aliphatic carbocycles. The van der Waals surface area contributed by atoms with Crippen LogP contribution in [0.25, 0.3) is 0 Å². The smallest absolute Gasteiger partial charge is 0.321 e. The van der Waals surface area contributed by atoms with Crippen molar-refractivity contribution in [1.82, 2.24) is 4.90 Å². The molecule has 1 aromatic carbocycles. The molecule has 1 atom stereocenters. The van der Waals surface area contributed by atoms with E-state index in [-0.39, 0.29) is 6.04 Å². The molecule has 0 fully saturated rings. The lowest BCUT2D eigenvalue weighted by atomic mass is 9.93. The van der Waals surface area contributed by atoms with Crippen molar-refractivity contribution in [3.05, 3.63) is 35.4 Å². The third-order valence-corrected chi connectivity index (χ3v) is 4.43. The van der Waals surface area contributed by atoms with Gasteiger partial charge >= 0.3 is 5.97 Å². The lowest BCUT2D eigenvalue weighted by molar-refractivity contribution is -0.144. The maximum Gasteiger partial charge on any atom is 0.321 e. The Balaban J connectivity index is 1.87. The predicted molar refractivity (Wildman–Crippen MR) is 85.4 cm³/mol. The minimum atomic E-state index is -0.685. The lowest BCUT2D eigenvalue weighted by Gasteiger charge is -2.34. The molecule has 1 aromatic rings. The van der Waals surface area contributed by atoms with Crippen molar-refractivity contribution in [1.29, 1.82) is 0 Å². The number of carboxylic acids is 1. The van der Waals surface area contributed by atoms with Crippen LogP contribution in [0.4, 0.5) is 0 Å². The zero-order chi connectivity index (χ0) is 15.1. The molecule has 1 aliphatic heterocycles. The lowest BCUT2D eigenvalue weighted by Crippen LogP contribution is -2.45. The standard InChI is InChI=1S/C18H27NO2/c1-2-3-4-5-6-9-12-19-14-16-11-8-7-10-15(16)13-17(19)18(20)21/h7-8,10-11,17H,2-6,9,12-14H2,1H3,(H,20,21)/t17-/m0/s1. The van der Waals surface area contributed by atoms with E-state index in [1.807, 2.05) is 12.1 Å². The third-order valence-electron chi connectivity index (χ3n) is 4.43. The predicted octanol–water partition coefficient (Wildman–Crippen LogP) is 3.86. The number of hydrogen-bond acceptors (Lipinski definition) is 2. The van der Waals surface area contributed by atoms with Crippen LogP contribution in [0.5, 0.6) is 0 Å². The highest BCUT2D eigenvalue weighted by Crippen LogP contribution is 2.24. The SMILES string of the molecule is CCCCCCCCN1Cc2ccccc2C[C@H]1C(=O)O. The van der Waals surface area contributed by atoms with Gasteiger partial charge in [-0.25, -0.2) is 0 Å². The maximum absolute atomic E-state index is 11.5. The summed E-state index contributed by atoms with van der Waals surface area (Å²) in [6, 6.07) is 7.88.